The minimum Gasteiger partial charge on any atom is -0.464 e. The summed E-state index contributed by atoms with van der Waals surface area (Å²) in [5, 5.41) is 0. The van der Waals surface area contributed by atoms with E-state index in [-0.39, 0.29) is 41.6 Å². The van der Waals surface area contributed by atoms with E-state index in [9.17, 15) is 9.59 Å². The lowest BCUT2D eigenvalue weighted by molar-refractivity contribution is -0.159. The largest absolute Gasteiger partial charge is 0.464 e. The van der Waals surface area contributed by atoms with Gasteiger partial charge in [-0.3, -0.25) is 14.5 Å². The van der Waals surface area contributed by atoms with Gasteiger partial charge in [-0.25, -0.2) is 0 Å². The van der Waals surface area contributed by atoms with Crippen LogP contribution in [0.1, 0.15) is 51.0 Å². The molecule has 7 heteroatoms. The summed E-state index contributed by atoms with van der Waals surface area (Å²) in [4.78, 5) is 27.5. The average molecular weight is 482 g/mol. The minimum atomic E-state index is -0.595. The number of piperidine rings is 1. The molecule has 0 N–H and O–H groups in total. The monoisotopic (exact) mass is 481 g/mol. The van der Waals surface area contributed by atoms with Crippen LogP contribution in [0.5, 0.6) is 0 Å². The maximum Gasteiger partial charge on any atom is 0.317 e. The summed E-state index contributed by atoms with van der Waals surface area (Å²) in [6, 6.07) is 10.1. The number of morpholine rings is 1. The van der Waals surface area contributed by atoms with Crippen molar-refractivity contribution in [1.29, 1.82) is 0 Å². The van der Waals surface area contributed by atoms with Gasteiger partial charge in [0.1, 0.15) is 30.8 Å². The van der Waals surface area contributed by atoms with Gasteiger partial charge in [0.25, 0.3) is 0 Å². The molecule has 3 aliphatic rings. The molecule has 1 unspecified atom stereocenters. The lowest BCUT2D eigenvalue weighted by Gasteiger charge is -2.38. The van der Waals surface area contributed by atoms with E-state index >= 15 is 0 Å². The van der Waals surface area contributed by atoms with Crippen LogP contribution in [0.2, 0.25) is 0 Å². The maximum absolute atomic E-state index is 13.0. The third kappa shape index (κ3) is 5.06. The van der Waals surface area contributed by atoms with Crippen molar-refractivity contribution in [2.45, 2.75) is 75.8 Å². The standard InChI is InChI=1S/C23H31NO5.BrH/c1-14(2)9-10-20(25)27-13-17(15-7-5-4-6-8-15)23(26)28-16-11-18-21-22(29-21)19(12-16)24(18)3;/h4-8,14,16-19,21-22H,9-13H2,1-3H3;1H/t16?,17-,18-,19+,21-,22+;/m1./s1. The number of hydrogen-bond donors (Lipinski definition) is 0. The van der Waals surface area contributed by atoms with Gasteiger partial charge in [0.05, 0.1) is 0 Å². The van der Waals surface area contributed by atoms with Crippen molar-refractivity contribution in [2.75, 3.05) is 13.7 Å². The van der Waals surface area contributed by atoms with E-state index < -0.39 is 5.92 Å². The fourth-order valence-corrected chi connectivity index (χ4v) is 4.68. The van der Waals surface area contributed by atoms with Crippen LogP contribution in [0.4, 0.5) is 0 Å². The van der Waals surface area contributed by atoms with Gasteiger partial charge < -0.3 is 14.2 Å². The molecule has 0 spiro atoms. The smallest absolute Gasteiger partial charge is 0.317 e. The number of rotatable bonds is 8. The highest BCUT2D eigenvalue weighted by Gasteiger charge is 2.62. The number of fused-ring (bicyclic) bond motifs is 5. The molecule has 0 aromatic heterocycles. The molecular weight excluding hydrogens is 450 g/mol. The van der Waals surface area contributed by atoms with Crippen LogP contribution < -0.4 is 0 Å². The molecule has 6 atom stereocenters. The summed E-state index contributed by atoms with van der Waals surface area (Å²) < 4.78 is 17.1. The summed E-state index contributed by atoms with van der Waals surface area (Å²) in [5.41, 5.74) is 0.816. The summed E-state index contributed by atoms with van der Waals surface area (Å²) in [7, 11) is 2.13. The van der Waals surface area contributed by atoms with Gasteiger partial charge in [0.2, 0.25) is 0 Å². The van der Waals surface area contributed by atoms with Crippen LogP contribution >= 0.6 is 17.0 Å². The molecule has 166 valence electrons. The highest BCUT2D eigenvalue weighted by atomic mass is 79.9. The number of likely N-dealkylation sites (N-methyl/N-ethyl adjacent to an activating group) is 1. The first-order chi connectivity index (χ1) is 13.9. The number of carbonyl (C=O) groups is 2. The van der Waals surface area contributed by atoms with Gasteiger partial charge in [-0.1, -0.05) is 44.2 Å². The van der Waals surface area contributed by atoms with E-state index in [2.05, 4.69) is 25.8 Å². The predicted molar refractivity (Wildman–Crippen MR) is 118 cm³/mol. The highest BCUT2D eigenvalue weighted by Crippen LogP contribution is 2.48. The zero-order valence-electron chi connectivity index (χ0n) is 17.9. The number of epoxide rings is 1. The van der Waals surface area contributed by atoms with Crippen LogP contribution in [0.15, 0.2) is 30.3 Å². The molecule has 1 aromatic carbocycles. The van der Waals surface area contributed by atoms with Crippen LogP contribution in [-0.4, -0.2) is 60.9 Å². The first-order valence-electron chi connectivity index (χ1n) is 10.7. The summed E-state index contributed by atoms with van der Waals surface area (Å²) in [6.07, 6.45) is 3.26. The molecule has 0 saturated carbocycles. The molecule has 3 saturated heterocycles. The first-order valence-corrected chi connectivity index (χ1v) is 10.7. The van der Waals surface area contributed by atoms with Gasteiger partial charge in [0, 0.05) is 31.3 Å². The van der Waals surface area contributed by atoms with Crippen molar-refractivity contribution < 1.29 is 23.8 Å². The Balaban J connectivity index is 0.00000256. The maximum atomic E-state index is 13.0. The van der Waals surface area contributed by atoms with E-state index in [0.717, 1.165) is 24.8 Å². The third-order valence-electron chi connectivity index (χ3n) is 6.48. The molecule has 6 nitrogen and oxygen atoms in total. The van der Waals surface area contributed by atoms with Crippen molar-refractivity contribution >= 4 is 28.9 Å². The second-order valence-electron chi connectivity index (χ2n) is 8.97. The SMILES string of the molecule is Br.CC(C)CCC(=O)OC[C@@H](C(=O)OC1C[C@@H]2[C@H]3O[C@H]3[C@H](C1)N2C)c1ccccc1. The quantitative estimate of drug-likeness (QED) is 0.418. The molecule has 3 aliphatic heterocycles. The summed E-state index contributed by atoms with van der Waals surface area (Å²) >= 11 is 0. The lowest BCUT2D eigenvalue weighted by Crippen LogP contribution is -2.48. The molecule has 30 heavy (non-hydrogen) atoms. The van der Waals surface area contributed by atoms with Gasteiger partial charge in [0.15, 0.2) is 0 Å². The number of nitrogens with zero attached hydrogens (tertiary/aromatic N) is 1. The first kappa shape index (κ1) is 23.2. The molecule has 0 radical (unpaired) electrons. The van der Waals surface area contributed by atoms with Crippen molar-refractivity contribution in [3.8, 4) is 0 Å². The predicted octanol–water partition coefficient (Wildman–Crippen LogP) is 3.48. The zero-order chi connectivity index (χ0) is 20.5. The topological polar surface area (TPSA) is 68.4 Å². The summed E-state index contributed by atoms with van der Waals surface area (Å²) in [5.74, 6) is -0.729. The molecule has 0 amide bonds. The number of hydrogen-bond acceptors (Lipinski definition) is 6. The van der Waals surface area contributed by atoms with Crippen LogP contribution in [-0.2, 0) is 23.8 Å². The molecule has 0 aliphatic carbocycles. The summed E-state index contributed by atoms with van der Waals surface area (Å²) in [6.45, 7) is 4.16. The number of carbonyl (C=O) groups excluding carboxylic acids is 2. The van der Waals surface area contributed by atoms with Crippen molar-refractivity contribution in [3.05, 3.63) is 35.9 Å². The second-order valence-corrected chi connectivity index (χ2v) is 8.97. The Bertz CT molecular complexity index is 724. The highest BCUT2D eigenvalue weighted by molar-refractivity contribution is 8.93. The molecule has 3 heterocycles. The van der Waals surface area contributed by atoms with E-state index in [1.807, 2.05) is 30.3 Å². The Kier molecular flexibility index (Phi) is 7.58. The Morgan fingerprint density at radius 3 is 2.37 bits per heavy atom. The fraction of sp³-hybridized carbons (Fsp3) is 0.652. The van der Waals surface area contributed by atoms with Crippen molar-refractivity contribution in [2.24, 2.45) is 5.92 Å². The van der Waals surface area contributed by atoms with Crippen LogP contribution in [0.25, 0.3) is 0 Å². The van der Waals surface area contributed by atoms with Crippen molar-refractivity contribution in [3.63, 3.8) is 0 Å². The Labute approximate surface area is 189 Å². The minimum absolute atomic E-state index is 0. The lowest BCUT2D eigenvalue weighted by atomic mass is 9.97. The van der Waals surface area contributed by atoms with Gasteiger partial charge in [-0.15, -0.1) is 17.0 Å². The Hall–Kier alpha value is -1.44. The molecule has 1 aromatic rings. The molecular formula is C23H32BrNO5. The molecule has 3 fully saturated rings. The van der Waals surface area contributed by atoms with Crippen molar-refractivity contribution in [1.82, 2.24) is 4.90 Å². The fourth-order valence-electron chi connectivity index (χ4n) is 4.68. The van der Waals surface area contributed by atoms with Crippen LogP contribution in [0.3, 0.4) is 0 Å². The van der Waals surface area contributed by atoms with E-state index in [0.29, 0.717) is 36.6 Å². The number of esters is 2. The third-order valence-corrected chi connectivity index (χ3v) is 6.48. The number of benzene rings is 1. The second kappa shape index (κ2) is 9.79. The van der Waals surface area contributed by atoms with Gasteiger partial charge in [-0.05, 0) is 24.9 Å². The normalized spacial score (nSPS) is 30.2. The Morgan fingerprint density at radius 2 is 1.77 bits per heavy atom. The van der Waals surface area contributed by atoms with E-state index in [1.54, 1.807) is 0 Å². The van der Waals surface area contributed by atoms with Gasteiger partial charge >= 0.3 is 11.9 Å². The average Bonchev–Trinajstić information content (AvgIpc) is 3.45. The molecule has 4 rings (SSSR count). The van der Waals surface area contributed by atoms with E-state index in [1.165, 1.54) is 0 Å². The number of halogens is 1. The van der Waals surface area contributed by atoms with Gasteiger partial charge in [-0.2, -0.15) is 0 Å². The molecule has 2 bridgehead atoms. The number of ether oxygens (including phenoxy) is 3. The van der Waals surface area contributed by atoms with Crippen LogP contribution in [0, 0.1) is 5.92 Å². The Morgan fingerprint density at radius 1 is 1.13 bits per heavy atom. The zero-order valence-corrected chi connectivity index (χ0v) is 19.6. The van der Waals surface area contributed by atoms with E-state index in [4.69, 9.17) is 14.2 Å².